The van der Waals surface area contributed by atoms with Crippen LogP contribution in [-0.4, -0.2) is 12.6 Å². The molecule has 1 fully saturated rings. The van der Waals surface area contributed by atoms with Crippen molar-refractivity contribution in [1.82, 2.24) is 0 Å². The number of carbonyl (C=O) groups is 1. The molecule has 3 heteroatoms. The second kappa shape index (κ2) is 6.46. The molecule has 0 spiro atoms. The molecular formula is C21H24O3. The molecule has 0 unspecified atom stereocenters. The van der Waals surface area contributed by atoms with Crippen LogP contribution in [0, 0.1) is 5.92 Å². The van der Waals surface area contributed by atoms with Crippen molar-refractivity contribution in [3.63, 3.8) is 0 Å². The lowest BCUT2D eigenvalue weighted by atomic mass is 9.61. The molecule has 3 atom stereocenters. The lowest BCUT2D eigenvalue weighted by Crippen LogP contribution is -2.30. The zero-order valence-corrected chi connectivity index (χ0v) is 14.2. The van der Waals surface area contributed by atoms with Gasteiger partial charge in [0, 0.05) is 13.3 Å². The first kappa shape index (κ1) is 15.5. The van der Waals surface area contributed by atoms with Crippen molar-refractivity contribution < 1.29 is 13.9 Å². The summed E-state index contributed by atoms with van der Waals surface area (Å²) in [6.07, 6.45) is 9.34. The van der Waals surface area contributed by atoms with Gasteiger partial charge in [0.15, 0.2) is 0 Å². The van der Waals surface area contributed by atoms with E-state index in [0.717, 1.165) is 12.8 Å². The van der Waals surface area contributed by atoms with Crippen LogP contribution in [0.25, 0.3) is 0 Å². The Morgan fingerprint density at radius 3 is 2.92 bits per heavy atom. The molecule has 0 radical (unpaired) electrons. The molecule has 3 aliphatic rings. The summed E-state index contributed by atoms with van der Waals surface area (Å²) in [5.41, 5.74) is 5.71. The lowest BCUT2D eigenvalue weighted by molar-refractivity contribution is -0.141. The Labute approximate surface area is 143 Å². The fourth-order valence-corrected chi connectivity index (χ4v) is 4.68. The second-order valence-electron chi connectivity index (χ2n) is 7.28. The predicted molar refractivity (Wildman–Crippen MR) is 92.0 cm³/mol. The molecule has 0 aliphatic heterocycles. The largest absolute Gasteiger partial charge is 0.472 e. The maximum absolute atomic E-state index is 11.0. The Hall–Kier alpha value is -2.03. The SMILES string of the molecule is CC(=O)OCC[C@@H]1C[C@H]2CC[C@@H]1c1ccc(Cc3ccoc3)cc12. The van der Waals surface area contributed by atoms with Crippen molar-refractivity contribution in [2.75, 3.05) is 6.61 Å². The number of ether oxygens (including phenoxy) is 1. The summed E-state index contributed by atoms with van der Waals surface area (Å²) >= 11 is 0. The van der Waals surface area contributed by atoms with Crippen LogP contribution in [0.15, 0.2) is 41.2 Å². The molecule has 3 nitrogen and oxygen atoms in total. The molecule has 24 heavy (non-hydrogen) atoms. The van der Waals surface area contributed by atoms with Gasteiger partial charge in [0.25, 0.3) is 0 Å². The molecular weight excluding hydrogens is 300 g/mol. The van der Waals surface area contributed by atoms with Crippen molar-refractivity contribution in [3.05, 3.63) is 59.0 Å². The van der Waals surface area contributed by atoms with E-state index in [-0.39, 0.29) is 5.97 Å². The Morgan fingerprint density at radius 1 is 1.21 bits per heavy atom. The average molecular weight is 324 g/mol. The van der Waals surface area contributed by atoms with E-state index in [2.05, 4.69) is 18.2 Å². The molecule has 5 rings (SSSR count). The summed E-state index contributed by atoms with van der Waals surface area (Å²) in [5.74, 6) is 1.82. The second-order valence-corrected chi connectivity index (χ2v) is 7.28. The summed E-state index contributed by atoms with van der Waals surface area (Å²) in [6, 6.07) is 9.08. The summed E-state index contributed by atoms with van der Waals surface area (Å²) in [4.78, 5) is 11.0. The molecule has 2 bridgehead atoms. The number of hydrogen-bond donors (Lipinski definition) is 0. The highest BCUT2D eigenvalue weighted by molar-refractivity contribution is 5.65. The highest BCUT2D eigenvalue weighted by Gasteiger charge is 2.39. The smallest absolute Gasteiger partial charge is 0.302 e. The first-order chi connectivity index (χ1) is 11.7. The van der Waals surface area contributed by atoms with Gasteiger partial charge >= 0.3 is 5.97 Å². The summed E-state index contributed by atoms with van der Waals surface area (Å²) in [6.45, 7) is 2.06. The summed E-state index contributed by atoms with van der Waals surface area (Å²) in [7, 11) is 0. The summed E-state index contributed by atoms with van der Waals surface area (Å²) < 4.78 is 10.4. The van der Waals surface area contributed by atoms with Gasteiger partial charge in [0.1, 0.15) is 0 Å². The lowest BCUT2D eigenvalue weighted by Gasteiger charge is -2.44. The van der Waals surface area contributed by atoms with E-state index in [9.17, 15) is 4.79 Å². The van der Waals surface area contributed by atoms with E-state index in [4.69, 9.17) is 9.15 Å². The van der Waals surface area contributed by atoms with Gasteiger partial charge in [0.2, 0.25) is 0 Å². The number of rotatable bonds is 5. The van der Waals surface area contributed by atoms with Crippen LogP contribution < -0.4 is 0 Å². The topological polar surface area (TPSA) is 39.4 Å². The Morgan fingerprint density at radius 2 is 2.12 bits per heavy atom. The van der Waals surface area contributed by atoms with Gasteiger partial charge < -0.3 is 9.15 Å². The Balaban J connectivity index is 1.50. The van der Waals surface area contributed by atoms with Crippen LogP contribution in [0.3, 0.4) is 0 Å². The minimum absolute atomic E-state index is 0.166. The third-order valence-electron chi connectivity index (χ3n) is 5.76. The monoisotopic (exact) mass is 324 g/mol. The Kier molecular flexibility index (Phi) is 4.17. The van der Waals surface area contributed by atoms with Gasteiger partial charge in [0.05, 0.1) is 19.1 Å². The molecule has 0 N–H and O–H groups in total. The normalized spacial score (nSPS) is 24.6. The number of furan rings is 1. The van der Waals surface area contributed by atoms with Gasteiger partial charge in [-0.25, -0.2) is 0 Å². The van der Waals surface area contributed by atoms with Gasteiger partial charge in [-0.2, -0.15) is 0 Å². The van der Waals surface area contributed by atoms with Gasteiger partial charge in [-0.1, -0.05) is 18.2 Å². The molecule has 2 aromatic rings. The molecule has 3 aliphatic carbocycles. The number of esters is 1. The van der Waals surface area contributed by atoms with Crippen molar-refractivity contribution in [2.45, 2.75) is 50.9 Å². The predicted octanol–water partition coefficient (Wildman–Crippen LogP) is 4.80. The van der Waals surface area contributed by atoms with E-state index in [1.54, 1.807) is 17.4 Å². The molecule has 1 saturated carbocycles. The van der Waals surface area contributed by atoms with Crippen LogP contribution in [0.4, 0.5) is 0 Å². The molecule has 0 saturated heterocycles. The fourth-order valence-electron chi connectivity index (χ4n) is 4.68. The van der Waals surface area contributed by atoms with Crippen molar-refractivity contribution >= 4 is 5.97 Å². The number of hydrogen-bond acceptors (Lipinski definition) is 3. The first-order valence-electron chi connectivity index (χ1n) is 8.98. The van der Waals surface area contributed by atoms with Crippen LogP contribution in [0.5, 0.6) is 0 Å². The number of carbonyl (C=O) groups excluding carboxylic acids is 1. The van der Waals surface area contributed by atoms with Gasteiger partial charge in [-0.05, 0) is 71.8 Å². The van der Waals surface area contributed by atoms with Crippen LogP contribution in [-0.2, 0) is 16.0 Å². The molecule has 1 heterocycles. The van der Waals surface area contributed by atoms with Crippen molar-refractivity contribution in [2.24, 2.45) is 5.92 Å². The maximum atomic E-state index is 11.0. The minimum Gasteiger partial charge on any atom is -0.472 e. The fraction of sp³-hybridized carbons (Fsp3) is 0.476. The standard InChI is InChI=1S/C21H24O3/c1-14(22)24-9-7-18-12-17-3-5-19(18)20-4-2-15(11-21(17)20)10-16-6-8-23-13-16/h2,4,6,8,11,13,17-19H,3,5,7,9-10,12H2,1H3/t17-,18-,19+/m1/s1. The molecule has 1 aromatic heterocycles. The van der Waals surface area contributed by atoms with Crippen molar-refractivity contribution in [3.8, 4) is 0 Å². The highest BCUT2D eigenvalue weighted by atomic mass is 16.5. The van der Waals surface area contributed by atoms with Gasteiger partial charge in [-0.3, -0.25) is 4.79 Å². The average Bonchev–Trinajstić information content (AvgIpc) is 3.08. The van der Waals surface area contributed by atoms with E-state index < -0.39 is 0 Å². The van der Waals surface area contributed by atoms with E-state index in [0.29, 0.717) is 24.4 Å². The molecule has 1 aromatic carbocycles. The number of fused-ring (bicyclic) bond motifs is 2. The van der Waals surface area contributed by atoms with Crippen molar-refractivity contribution in [1.29, 1.82) is 0 Å². The van der Waals surface area contributed by atoms with Gasteiger partial charge in [-0.15, -0.1) is 0 Å². The minimum atomic E-state index is -0.166. The quantitative estimate of drug-likeness (QED) is 0.741. The first-order valence-corrected chi connectivity index (χ1v) is 8.98. The van der Waals surface area contributed by atoms with E-state index in [1.165, 1.54) is 37.3 Å². The third kappa shape index (κ3) is 3.00. The Bertz CT molecular complexity index is 717. The van der Waals surface area contributed by atoms with Crippen LogP contribution >= 0.6 is 0 Å². The third-order valence-corrected chi connectivity index (χ3v) is 5.76. The van der Waals surface area contributed by atoms with E-state index >= 15 is 0 Å². The molecule has 126 valence electrons. The zero-order valence-electron chi connectivity index (χ0n) is 14.2. The number of benzene rings is 1. The van der Waals surface area contributed by atoms with Crippen LogP contribution in [0.1, 0.15) is 66.7 Å². The zero-order chi connectivity index (χ0) is 16.5. The highest BCUT2D eigenvalue weighted by Crippen LogP contribution is 2.53. The maximum Gasteiger partial charge on any atom is 0.302 e. The molecule has 0 amide bonds. The van der Waals surface area contributed by atoms with E-state index in [1.807, 2.05) is 12.3 Å². The van der Waals surface area contributed by atoms with Crippen LogP contribution in [0.2, 0.25) is 0 Å². The summed E-state index contributed by atoms with van der Waals surface area (Å²) in [5, 5.41) is 0.